The minimum atomic E-state index is -0.174. The number of tetrazole rings is 1. The van der Waals surface area contributed by atoms with Crippen LogP contribution in [0.2, 0.25) is 5.02 Å². The van der Waals surface area contributed by atoms with E-state index in [9.17, 15) is 4.79 Å². The Morgan fingerprint density at radius 2 is 2.14 bits per heavy atom. The third kappa shape index (κ3) is 4.33. The van der Waals surface area contributed by atoms with Crippen molar-refractivity contribution in [3.8, 4) is 5.69 Å². The Morgan fingerprint density at radius 1 is 1.29 bits per heavy atom. The van der Waals surface area contributed by atoms with Crippen molar-refractivity contribution in [3.63, 3.8) is 0 Å². The maximum Gasteiger partial charge on any atom is 0.234 e. The Bertz CT molecular complexity index is 939. The molecule has 3 aromatic rings. The molecule has 1 N–H and O–H groups in total. The summed E-state index contributed by atoms with van der Waals surface area (Å²) in [4.78, 5) is 16.5. The topological polar surface area (TPSA) is 103 Å². The second-order valence-electron chi connectivity index (χ2n) is 6.54. The van der Waals surface area contributed by atoms with Crippen LogP contribution < -0.4 is 5.32 Å². The number of aromatic nitrogens is 7. The van der Waals surface area contributed by atoms with Crippen LogP contribution in [0.3, 0.4) is 0 Å². The number of carbonyl (C=O) groups is 1. The molecule has 4 rings (SSSR count). The zero-order chi connectivity index (χ0) is 19.3. The molecule has 0 radical (unpaired) electrons. The van der Waals surface area contributed by atoms with E-state index in [0.717, 1.165) is 12.8 Å². The molecule has 1 aliphatic carbocycles. The molecular formula is C17H19ClN8OS. The lowest BCUT2D eigenvalue weighted by atomic mass is 9.96. The first-order chi connectivity index (χ1) is 13.7. The van der Waals surface area contributed by atoms with Crippen LogP contribution in [0, 0.1) is 0 Å². The molecule has 0 spiro atoms. The average Bonchev–Trinajstić information content (AvgIpc) is 3.39. The summed E-state index contributed by atoms with van der Waals surface area (Å²) in [5.41, 5.74) is 1.25. The first-order valence-electron chi connectivity index (χ1n) is 9.06. The first kappa shape index (κ1) is 18.9. The molecule has 0 unspecified atom stereocenters. The normalized spacial score (nSPS) is 14.9. The predicted octanol–water partition coefficient (Wildman–Crippen LogP) is 3.14. The fraction of sp³-hybridized carbons (Fsp3) is 0.412. The van der Waals surface area contributed by atoms with Gasteiger partial charge in [-0.25, -0.2) is 14.3 Å². The summed E-state index contributed by atoms with van der Waals surface area (Å²) < 4.78 is 3.43. The largest absolute Gasteiger partial charge is 0.323 e. The van der Waals surface area contributed by atoms with Gasteiger partial charge in [0.1, 0.15) is 12.7 Å². The third-order valence-corrected chi connectivity index (χ3v) is 5.78. The van der Waals surface area contributed by atoms with Gasteiger partial charge >= 0.3 is 0 Å². The summed E-state index contributed by atoms with van der Waals surface area (Å²) in [7, 11) is 0. The Kier molecular flexibility index (Phi) is 5.87. The lowest BCUT2D eigenvalue weighted by molar-refractivity contribution is -0.113. The standard InChI is InChI=1S/C17H19ClN8OS/c18-12-6-7-15(25-11-19-10-20-25)14(8-12)21-16(27)9-28-17-22-23-24-26(17)13-4-2-1-3-5-13/h6-8,10-11,13H,1-5,9H2,(H,21,27). The lowest BCUT2D eigenvalue weighted by Crippen LogP contribution is -2.18. The Morgan fingerprint density at radius 3 is 2.93 bits per heavy atom. The van der Waals surface area contributed by atoms with Crippen LogP contribution in [0.1, 0.15) is 38.1 Å². The van der Waals surface area contributed by atoms with Crippen molar-refractivity contribution in [2.45, 2.75) is 43.3 Å². The number of amides is 1. The van der Waals surface area contributed by atoms with Gasteiger partial charge in [0.15, 0.2) is 0 Å². The number of rotatable bonds is 6. The number of hydrogen-bond acceptors (Lipinski definition) is 7. The number of nitrogens with zero attached hydrogens (tertiary/aromatic N) is 7. The molecule has 28 heavy (non-hydrogen) atoms. The smallest absolute Gasteiger partial charge is 0.234 e. The second kappa shape index (κ2) is 8.70. The van der Waals surface area contributed by atoms with Gasteiger partial charge in [-0.15, -0.1) is 5.10 Å². The number of carbonyl (C=O) groups excluding carboxylic acids is 1. The van der Waals surface area contributed by atoms with Gasteiger partial charge < -0.3 is 5.32 Å². The molecule has 1 saturated carbocycles. The molecular weight excluding hydrogens is 400 g/mol. The van der Waals surface area contributed by atoms with Crippen LogP contribution in [0.25, 0.3) is 5.69 Å². The van der Waals surface area contributed by atoms with Gasteiger partial charge in [-0.05, 0) is 41.5 Å². The summed E-state index contributed by atoms with van der Waals surface area (Å²) >= 11 is 7.42. The maximum absolute atomic E-state index is 12.5. The molecule has 1 aliphatic rings. The van der Waals surface area contributed by atoms with Crippen LogP contribution in [0.4, 0.5) is 5.69 Å². The number of anilines is 1. The first-order valence-corrected chi connectivity index (χ1v) is 10.4. The van der Waals surface area contributed by atoms with E-state index >= 15 is 0 Å². The Labute approximate surface area is 170 Å². The van der Waals surface area contributed by atoms with Crippen molar-refractivity contribution in [3.05, 3.63) is 35.9 Å². The van der Waals surface area contributed by atoms with E-state index in [2.05, 4.69) is 30.9 Å². The number of benzene rings is 1. The highest BCUT2D eigenvalue weighted by Crippen LogP contribution is 2.30. The van der Waals surface area contributed by atoms with E-state index in [1.807, 2.05) is 4.68 Å². The van der Waals surface area contributed by atoms with Crippen molar-refractivity contribution in [2.24, 2.45) is 0 Å². The molecule has 1 amide bonds. The quantitative estimate of drug-likeness (QED) is 0.613. The monoisotopic (exact) mass is 418 g/mol. The van der Waals surface area contributed by atoms with Gasteiger partial charge in [0, 0.05) is 5.02 Å². The Balaban J connectivity index is 1.42. The summed E-state index contributed by atoms with van der Waals surface area (Å²) in [5.74, 6) is 0.0166. The summed E-state index contributed by atoms with van der Waals surface area (Å²) in [6.07, 6.45) is 8.79. The fourth-order valence-corrected chi connectivity index (χ4v) is 4.21. The third-order valence-electron chi connectivity index (χ3n) is 4.61. The summed E-state index contributed by atoms with van der Waals surface area (Å²) in [6, 6.07) is 5.53. The van der Waals surface area contributed by atoms with Crippen molar-refractivity contribution in [1.29, 1.82) is 0 Å². The summed E-state index contributed by atoms with van der Waals surface area (Å²) in [5, 5.41) is 20.2. The van der Waals surface area contributed by atoms with E-state index in [1.165, 1.54) is 37.4 Å². The molecule has 2 aromatic heterocycles. The van der Waals surface area contributed by atoms with Crippen LogP contribution >= 0.6 is 23.4 Å². The highest BCUT2D eigenvalue weighted by Gasteiger charge is 2.21. The molecule has 0 saturated heterocycles. The zero-order valence-corrected chi connectivity index (χ0v) is 16.6. The molecule has 2 heterocycles. The van der Waals surface area contributed by atoms with E-state index in [0.29, 0.717) is 27.6 Å². The van der Waals surface area contributed by atoms with Crippen molar-refractivity contribution < 1.29 is 4.79 Å². The fourth-order valence-electron chi connectivity index (χ4n) is 3.29. The van der Waals surface area contributed by atoms with Crippen molar-refractivity contribution in [2.75, 3.05) is 11.1 Å². The van der Waals surface area contributed by atoms with Gasteiger partial charge in [-0.3, -0.25) is 4.79 Å². The number of thioether (sulfide) groups is 1. The van der Waals surface area contributed by atoms with Crippen LogP contribution in [-0.2, 0) is 4.79 Å². The minimum Gasteiger partial charge on any atom is -0.323 e. The molecule has 146 valence electrons. The molecule has 0 aliphatic heterocycles. The van der Waals surface area contributed by atoms with Gasteiger partial charge in [-0.2, -0.15) is 5.10 Å². The molecule has 0 bridgehead atoms. The van der Waals surface area contributed by atoms with Gasteiger partial charge in [-0.1, -0.05) is 42.6 Å². The van der Waals surface area contributed by atoms with Crippen LogP contribution in [-0.4, -0.2) is 46.6 Å². The predicted molar refractivity (Wildman–Crippen MR) is 106 cm³/mol. The molecule has 0 atom stereocenters. The minimum absolute atomic E-state index is 0.174. The van der Waals surface area contributed by atoms with Gasteiger partial charge in [0.2, 0.25) is 11.1 Å². The highest BCUT2D eigenvalue weighted by atomic mass is 35.5. The second-order valence-corrected chi connectivity index (χ2v) is 7.92. The zero-order valence-electron chi connectivity index (χ0n) is 15.0. The Hall–Kier alpha value is -2.46. The number of halogens is 1. The van der Waals surface area contributed by atoms with E-state index in [4.69, 9.17) is 11.6 Å². The van der Waals surface area contributed by atoms with E-state index < -0.39 is 0 Å². The van der Waals surface area contributed by atoms with E-state index in [1.54, 1.807) is 29.2 Å². The van der Waals surface area contributed by atoms with Crippen molar-refractivity contribution in [1.82, 2.24) is 35.0 Å². The molecule has 1 fully saturated rings. The highest BCUT2D eigenvalue weighted by molar-refractivity contribution is 7.99. The van der Waals surface area contributed by atoms with Gasteiger partial charge in [0.25, 0.3) is 0 Å². The number of nitrogens with one attached hydrogen (secondary N) is 1. The molecule has 9 nitrogen and oxygen atoms in total. The van der Waals surface area contributed by atoms with Gasteiger partial charge in [0.05, 0.1) is 23.2 Å². The average molecular weight is 419 g/mol. The van der Waals surface area contributed by atoms with Crippen LogP contribution in [0.15, 0.2) is 36.0 Å². The lowest BCUT2D eigenvalue weighted by Gasteiger charge is -2.21. The van der Waals surface area contributed by atoms with Crippen molar-refractivity contribution >= 4 is 35.0 Å². The maximum atomic E-state index is 12.5. The van der Waals surface area contributed by atoms with E-state index in [-0.39, 0.29) is 11.7 Å². The molecule has 1 aromatic carbocycles. The molecule has 11 heteroatoms. The SMILES string of the molecule is O=C(CSc1nnnn1C1CCCCC1)Nc1cc(Cl)ccc1-n1cncn1. The van der Waals surface area contributed by atoms with Crippen LogP contribution in [0.5, 0.6) is 0 Å². The number of hydrogen-bond donors (Lipinski definition) is 1. The summed E-state index contributed by atoms with van der Waals surface area (Å²) in [6.45, 7) is 0.